The molecule has 3 N–H and O–H groups in total. The molecule has 0 heterocycles. The van der Waals surface area contributed by atoms with E-state index in [0.29, 0.717) is 13.0 Å². The number of carbonyl (C=O) groups excluding carboxylic acids is 1. The van der Waals surface area contributed by atoms with E-state index in [1.165, 1.54) is 0 Å². The average Bonchev–Trinajstić information content (AvgIpc) is 2.43. The second-order valence-corrected chi connectivity index (χ2v) is 5.31. The number of anilines is 1. The molecular weight excluding hydrogens is 256 g/mol. The van der Waals surface area contributed by atoms with Gasteiger partial charge in [-0.25, -0.2) is 0 Å². The standard InChI is InChI=1S/C15H22N2OS/c1-2-12-19-14-9-6-5-8-13(14)17-15(18)10-4-3-7-11-16/h2,5-6,8-9H,1,3-4,7,10-12,16H2,(H,17,18). The van der Waals surface area contributed by atoms with Crippen LogP contribution >= 0.6 is 11.8 Å². The van der Waals surface area contributed by atoms with Gasteiger partial charge in [-0.1, -0.05) is 24.6 Å². The molecule has 0 saturated heterocycles. The van der Waals surface area contributed by atoms with Crippen LogP contribution in [0.2, 0.25) is 0 Å². The quantitative estimate of drug-likeness (QED) is 0.413. The maximum absolute atomic E-state index is 11.8. The van der Waals surface area contributed by atoms with Crippen molar-refractivity contribution < 1.29 is 4.79 Å². The Hall–Kier alpha value is -1.26. The van der Waals surface area contributed by atoms with Crippen LogP contribution in [0, 0.1) is 0 Å². The second kappa shape index (κ2) is 9.64. The van der Waals surface area contributed by atoms with Gasteiger partial charge < -0.3 is 11.1 Å². The monoisotopic (exact) mass is 278 g/mol. The molecule has 0 atom stereocenters. The van der Waals surface area contributed by atoms with E-state index in [-0.39, 0.29) is 5.91 Å². The number of thioether (sulfide) groups is 1. The highest BCUT2D eigenvalue weighted by molar-refractivity contribution is 7.99. The zero-order valence-electron chi connectivity index (χ0n) is 11.2. The molecule has 0 fully saturated rings. The number of carbonyl (C=O) groups is 1. The Morgan fingerprint density at radius 1 is 1.32 bits per heavy atom. The Kier molecular flexibility index (Phi) is 8.02. The van der Waals surface area contributed by atoms with Gasteiger partial charge in [0, 0.05) is 17.1 Å². The van der Waals surface area contributed by atoms with Crippen molar-refractivity contribution in [3.63, 3.8) is 0 Å². The van der Waals surface area contributed by atoms with Crippen molar-refractivity contribution in [1.82, 2.24) is 0 Å². The van der Waals surface area contributed by atoms with Gasteiger partial charge in [0.1, 0.15) is 0 Å². The van der Waals surface area contributed by atoms with Crippen LogP contribution < -0.4 is 11.1 Å². The number of unbranched alkanes of at least 4 members (excludes halogenated alkanes) is 2. The van der Waals surface area contributed by atoms with Gasteiger partial charge in [0.05, 0.1) is 5.69 Å². The van der Waals surface area contributed by atoms with E-state index < -0.39 is 0 Å². The van der Waals surface area contributed by atoms with E-state index in [1.54, 1.807) is 11.8 Å². The van der Waals surface area contributed by atoms with Crippen molar-refractivity contribution in [1.29, 1.82) is 0 Å². The topological polar surface area (TPSA) is 55.1 Å². The summed E-state index contributed by atoms with van der Waals surface area (Å²) in [5.41, 5.74) is 6.31. The molecule has 0 bridgehead atoms. The molecule has 1 rings (SSSR count). The van der Waals surface area contributed by atoms with Crippen LogP contribution in [0.1, 0.15) is 25.7 Å². The Morgan fingerprint density at radius 2 is 2.11 bits per heavy atom. The van der Waals surface area contributed by atoms with Crippen LogP contribution in [-0.2, 0) is 4.79 Å². The van der Waals surface area contributed by atoms with Crippen molar-refractivity contribution in [2.24, 2.45) is 5.73 Å². The summed E-state index contributed by atoms with van der Waals surface area (Å²) in [6.45, 7) is 4.40. The number of hydrogen-bond donors (Lipinski definition) is 2. The molecule has 0 spiro atoms. The zero-order valence-corrected chi connectivity index (χ0v) is 12.0. The summed E-state index contributed by atoms with van der Waals surface area (Å²) >= 11 is 1.67. The molecule has 1 amide bonds. The van der Waals surface area contributed by atoms with Crippen molar-refractivity contribution in [3.8, 4) is 0 Å². The first-order valence-corrected chi connectivity index (χ1v) is 7.59. The highest BCUT2D eigenvalue weighted by Gasteiger charge is 2.06. The maximum Gasteiger partial charge on any atom is 0.224 e. The van der Waals surface area contributed by atoms with E-state index in [1.807, 2.05) is 30.3 Å². The Morgan fingerprint density at radius 3 is 2.84 bits per heavy atom. The summed E-state index contributed by atoms with van der Waals surface area (Å²) < 4.78 is 0. The second-order valence-electron chi connectivity index (χ2n) is 4.24. The van der Waals surface area contributed by atoms with Crippen molar-refractivity contribution in [2.45, 2.75) is 30.6 Å². The van der Waals surface area contributed by atoms with Gasteiger partial charge in [0.2, 0.25) is 5.91 Å². The molecule has 0 aromatic heterocycles. The van der Waals surface area contributed by atoms with Crippen molar-refractivity contribution in [2.75, 3.05) is 17.6 Å². The molecule has 0 aliphatic heterocycles. The van der Waals surface area contributed by atoms with Gasteiger partial charge in [-0.05, 0) is 31.5 Å². The van der Waals surface area contributed by atoms with Crippen LogP contribution in [-0.4, -0.2) is 18.2 Å². The first kappa shape index (κ1) is 15.8. The number of para-hydroxylation sites is 1. The molecule has 0 saturated carbocycles. The van der Waals surface area contributed by atoms with Crippen LogP contribution in [0.25, 0.3) is 0 Å². The molecule has 19 heavy (non-hydrogen) atoms. The first-order valence-electron chi connectivity index (χ1n) is 6.60. The van der Waals surface area contributed by atoms with Crippen molar-refractivity contribution in [3.05, 3.63) is 36.9 Å². The zero-order chi connectivity index (χ0) is 13.9. The minimum absolute atomic E-state index is 0.0728. The highest BCUT2D eigenvalue weighted by atomic mass is 32.2. The van der Waals surface area contributed by atoms with E-state index in [9.17, 15) is 4.79 Å². The predicted molar refractivity (Wildman–Crippen MR) is 83.5 cm³/mol. The van der Waals surface area contributed by atoms with Gasteiger partial charge >= 0.3 is 0 Å². The summed E-state index contributed by atoms with van der Waals surface area (Å²) in [5.74, 6) is 0.910. The van der Waals surface area contributed by atoms with Gasteiger partial charge in [-0.3, -0.25) is 4.79 Å². The molecule has 0 radical (unpaired) electrons. The minimum Gasteiger partial charge on any atom is -0.330 e. The molecule has 3 nitrogen and oxygen atoms in total. The van der Waals surface area contributed by atoms with E-state index >= 15 is 0 Å². The summed E-state index contributed by atoms with van der Waals surface area (Å²) in [5, 5.41) is 2.97. The van der Waals surface area contributed by atoms with Crippen molar-refractivity contribution >= 4 is 23.4 Å². The number of rotatable bonds is 9. The van der Waals surface area contributed by atoms with Crippen LogP contribution in [0.15, 0.2) is 41.8 Å². The van der Waals surface area contributed by atoms with Gasteiger partial charge in [-0.15, -0.1) is 18.3 Å². The summed E-state index contributed by atoms with van der Waals surface area (Å²) in [7, 11) is 0. The van der Waals surface area contributed by atoms with Gasteiger partial charge in [0.25, 0.3) is 0 Å². The first-order chi connectivity index (χ1) is 9.27. The molecule has 1 aromatic rings. The molecule has 0 aliphatic carbocycles. The predicted octanol–water partition coefficient (Wildman–Crippen LogP) is 3.42. The lowest BCUT2D eigenvalue weighted by Crippen LogP contribution is -2.12. The highest BCUT2D eigenvalue weighted by Crippen LogP contribution is 2.27. The van der Waals surface area contributed by atoms with Gasteiger partial charge in [-0.2, -0.15) is 0 Å². The smallest absolute Gasteiger partial charge is 0.224 e. The number of nitrogens with one attached hydrogen (secondary N) is 1. The third kappa shape index (κ3) is 6.45. The molecule has 0 unspecified atom stereocenters. The normalized spacial score (nSPS) is 10.2. The lowest BCUT2D eigenvalue weighted by Gasteiger charge is -2.09. The van der Waals surface area contributed by atoms with Crippen LogP contribution in [0.5, 0.6) is 0 Å². The SMILES string of the molecule is C=CCSc1ccccc1NC(=O)CCCCCN. The minimum atomic E-state index is 0.0728. The average molecular weight is 278 g/mol. The fourth-order valence-electron chi connectivity index (χ4n) is 1.66. The van der Waals surface area contributed by atoms with E-state index in [0.717, 1.165) is 35.6 Å². The largest absolute Gasteiger partial charge is 0.330 e. The van der Waals surface area contributed by atoms with Crippen LogP contribution in [0.4, 0.5) is 5.69 Å². The summed E-state index contributed by atoms with van der Waals surface area (Å²) in [4.78, 5) is 12.9. The van der Waals surface area contributed by atoms with Gasteiger partial charge in [0.15, 0.2) is 0 Å². The Labute approximate surface area is 119 Å². The molecular formula is C15H22N2OS. The Bertz CT molecular complexity index is 407. The molecule has 4 heteroatoms. The number of nitrogens with two attached hydrogens (primary N) is 1. The van der Waals surface area contributed by atoms with E-state index in [2.05, 4.69) is 11.9 Å². The number of amides is 1. The lowest BCUT2D eigenvalue weighted by atomic mass is 10.2. The fraction of sp³-hybridized carbons (Fsp3) is 0.400. The number of hydrogen-bond acceptors (Lipinski definition) is 3. The fourth-order valence-corrected chi connectivity index (χ4v) is 2.41. The molecule has 1 aromatic carbocycles. The summed E-state index contributed by atoms with van der Waals surface area (Å²) in [6, 6.07) is 7.85. The lowest BCUT2D eigenvalue weighted by molar-refractivity contribution is -0.116. The third-order valence-corrected chi connectivity index (χ3v) is 3.70. The maximum atomic E-state index is 11.8. The molecule has 104 valence electrons. The van der Waals surface area contributed by atoms with Crippen LogP contribution in [0.3, 0.4) is 0 Å². The molecule has 0 aliphatic rings. The van der Waals surface area contributed by atoms with E-state index in [4.69, 9.17) is 5.73 Å². The number of benzene rings is 1. The third-order valence-electron chi connectivity index (χ3n) is 2.63. The Balaban J connectivity index is 2.46. The summed E-state index contributed by atoms with van der Waals surface area (Å²) in [6.07, 6.45) is 5.30.